The van der Waals surface area contributed by atoms with Gasteiger partial charge in [-0.1, -0.05) is 48.5 Å². The second kappa shape index (κ2) is 7.95. The summed E-state index contributed by atoms with van der Waals surface area (Å²) >= 11 is 0. The summed E-state index contributed by atoms with van der Waals surface area (Å²) in [5.41, 5.74) is 2.13. The molecule has 1 unspecified atom stereocenters. The van der Waals surface area contributed by atoms with Crippen LogP contribution in [0.2, 0.25) is 0 Å². The third-order valence-corrected chi connectivity index (χ3v) is 4.61. The van der Waals surface area contributed by atoms with Crippen LogP contribution < -0.4 is 5.32 Å². The van der Waals surface area contributed by atoms with Gasteiger partial charge in [0.1, 0.15) is 5.82 Å². The highest BCUT2D eigenvalue weighted by molar-refractivity contribution is 5.80. The molecule has 2 aromatic carbocycles. The van der Waals surface area contributed by atoms with Crippen LogP contribution in [0.4, 0.5) is 4.39 Å². The van der Waals surface area contributed by atoms with Gasteiger partial charge in [0.05, 0.1) is 0 Å². The second-order valence-electron chi connectivity index (χ2n) is 6.16. The minimum Gasteiger partial charge on any atom is -0.356 e. The highest BCUT2D eigenvalue weighted by Crippen LogP contribution is 2.26. The van der Waals surface area contributed by atoms with E-state index in [2.05, 4.69) is 45.5 Å². The van der Waals surface area contributed by atoms with Gasteiger partial charge in [0.2, 0.25) is 0 Å². The van der Waals surface area contributed by atoms with E-state index in [1.54, 1.807) is 13.1 Å². The number of aliphatic imine (C=N–C) groups is 1. The predicted molar refractivity (Wildman–Crippen MR) is 96.8 cm³/mol. The Morgan fingerprint density at radius 1 is 1.17 bits per heavy atom. The molecule has 1 aliphatic heterocycles. The van der Waals surface area contributed by atoms with E-state index in [0.29, 0.717) is 18.9 Å². The van der Waals surface area contributed by atoms with Crippen molar-refractivity contribution in [2.24, 2.45) is 4.99 Å². The monoisotopic (exact) mass is 325 g/mol. The van der Waals surface area contributed by atoms with Crippen molar-refractivity contribution < 1.29 is 4.39 Å². The third-order valence-electron chi connectivity index (χ3n) is 4.61. The van der Waals surface area contributed by atoms with E-state index in [1.165, 1.54) is 11.6 Å². The van der Waals surface area contributed by atoms with Crippen molar-refractivity contribution >= 4 is 5.96 Å². The fraction of sp³-hybridized carbons (Fsp3) is 0.350. The first-order valence-electron chi connectivity index (χ1n) is 8.52. The van der Waals surface area contributed by atoms with E-state index >= 15 is 0 Å². The van der Waals surface area contributed by atoms with Crippen molar-refractivity contribution in [3.8, 4) is 0 Å². The quantitative estimate of drug-likeness (QED) is 0.689. The maximum atomic E-state index is 13.7. The van der Waals surface area contributed by atoms with E-state index in [9.17, 15) is 4.39 Å². The Morgan fingerprint density at radius 2 is 1.92 bits per heavy atom. The summed E-state index contributed by atoms with van der Waals surface area (Å²) in [5, 5.41) is 3.37. The fourth-order valence-electron chi connectivity index (χ4n) is 3.29. The number of hydrogen-bond donors (Lipinski definition) is 1. The molecule has 1 aliphatic rings. The Balaban J connectivity index is 1.53. The lowest BCUT2D eigenvalue weighted by Gasteiger charge is -2.22. The number of nitrogens with one attached hydrogen (secondary N) is 1. The zero-order valence-corrected chi connectivity index (χ0v) is 14.1. The first-order valence-corrected chi connectivity index (χ1v) is 8.52. The largest absolute Gasteiger partial charge is 0.356 e. The van der Waals surface area contributed by atoms with Crippen LogP contribution in [0.3, 0.4) is 0 Å². The van der Waals surface area contributed by atoms with Crippen molar-refractivity contribution in [3.05, 3.63) is 71.5 Å². The smallest absolute Gasteiger partial charge is 0.193 e. The first-order chi connectivity index (χ1) is 11.8. The maximum Gasteiger partial charge on any atom is 0.193 e. The summed E-state index contributed by atoms with van der Waals surface area (Å²) in [4.78, 5) is 6.68. The molecule has 3 rings (SSSR count). The average molecular weight is 325 g/mol. The van der Waals surface area contributed by atoms with Gasteiger partial charge >= 0.3 is 0 Å². The minimum absolute atomic E-state index is 0.139. The summed E-state index contributed by atoms with van der Waals surface area (Å²) in [6, 6.07) is 17.6. The van der Waals surface area contributed by atoms with E-state index in [1.807, 2.05) is 12.1 Å². The minimum atomic E-state index is -0.139. The van der Waals surface area contributed by atoms with Crippen molar-refractivity contribution in [1.29, 1.82) is 0 Å². The molecule has 0 bridgehead atoms. The Hall–Kier alpha value is -2.36. The van der Waals surface area contributed by atoms with Crippen LogP contribution in [-0.2, 0) is 6.42 Å². The van der Waals surface area contributed by atoms with Gasteiger partial charge < -0.3 is 10.2 Å². The van der Waals surface area contributed by atoms with Gasteiger partial charge in [0.25, 0.3) is 0 Å². The van der Waals surface area contributed by atoms with Gasteiger partial charge in [0.15, 0.2) is 5.96 Å². The number of benzene rings is 2. The molecular formula is C20H24FN3. The molecule has 24 heavy (non-hydrogen) atoms. The Kier molecular flexibility index (Phi) is 5.47. The van der Waals surface area contributed by atoms with Crippen LogP contribution in [0, 0.1) is 5.82 Å². The lowest BCUT2D eigenvalue weighted by molar-refractivity contribution is 0.486. The van der Waals surface area contributed by atoms with Crippen LogP contribution in [0.5, 0.6) is 0 Å². The molecule has 1 saturated heterocycles. The molecule has 1 heterocycles. The van der Waals surface area contributed by atoms with E-state index < -0.39 is 0 Å². The molecule has 2 aromatic rings. The Morgan fingerprint density at radius 3 is 2.67 bits per heavy atom. The van der Waals surface area contributed by atoms with Crippen molar-refractivity contribution in [1.82, 2.24) is 10.2 Å². The molecule has 4 heteroatoms. The van der Waals surface area contributed by atoms with Gasteiger partial charge in [0, 0.05) is 32.6 Å². The number of guanidine groups is 1. The molecule has 0 spiro atoms. The highest BCUT2D eigenvalue weighted by Gasteiger charge is 2.25. The summed E-state index contributed by atoms with van der Waals surface area (Å²) in [5.74, 6) is 1.32. The summed E-state index contributed by atoms with van der Waals surface area (Å²) < 4.78 is 13.7. The van der Waals surface area contributed by atoms with Gasteiger partial charge in [-0.15, -0.1) is 0 Å². The Bertz CT molecular complexity index is 684. The molecule has 1 N–H and O–H groups in total. The molecule has 1 fully saturated rings. The molecule has 0 aromatic heterocycles. The van der Waals surface area contributed by atoms with Crippen LogP contribution in [-0.4, -0.2) is 37.5 Å². The topological polar surface area (TPSA) is 27.6 Å². The van der Waals surface area contributed by atoms with Crippen molar-refractivity contribution in [2.45, 2.75) is 18.8 Å². The molecule has 0 radical (unpaired) electrons. The Labute approximate surface area is 143 Å². The third kappa shape index (κ3) is 3.94. The molecule has 3 nitrogen and oxygen atoms in total. The van der Waals surface area contributed by atoms with Crippen LogP contribution in [0.25, 0.3) is 0 Å². The van der Waals surface area contributed by atoms with Crippen LogP contribution in [0.15, 0.2) is 59.6 Å². The van der Waals surface area contributed by atoms with E-state index in [4.69, 9.17) is 0 Å². The second-order valence-corrected chi connectivity index (χ2v) is 6.16. The first kappa shape index (κ1) is 16.5. The molecule has 1 atom stereocenters. The fourth-order valence-corrected chi connectivity index (χ4v) is 3.29. The van der Waals surface area contributed by atoms with Crippen molar-refractivity contribution in [2.75, 3.05) is 26.7 Å². The van der Waals surface area contributed by atoms with Gasteiger partial charge in [-0.05, 0) is 30.0 Å². The lowest BCUT2D eigenvalue weighted by atomic mass is 9.99. The molecule has 0 aliphatic carbocycles. The zero-order chi connectivity index (χ0) is 16.8. The molecule has 126 valence electrons. The van der Waals surface area contributed by atoms with Gasteiger partial charge in [-0.25, -0.2) is 4.39 Å². The number of likely N-dealkylation sites (tertiary alicyclic amines) is 1. The zero-order valence-electron chi connectivity index (χ0n) is 14.1. The summed E-state index contributed by atoms with van der Waals surface area (Å²) in [6.45, 7) is 2.66. The molecule has 0 amide bonds. The van der Waals surface area contributed by atoms with Gasteiger partial charge in [-0.3, -0.25) is 4.99 Å². The highest BCUT2D eigenvalue weighted by atomic mass is 19.1. The van der Waals surface area contributed by atoms with Crippen LogP contribution >= 0.6 is 0 Å². The SMILES string of the molecule is CN=C(NCCc1ccccc1F)N1CCC(c2ccccc2)C1. The summed E-state index contributed by atoms with van der Waals surface area (Å²) in [6.07, 6.45) is 1.79. The van der Waals surface area contributed by atoms with E-state index in [0.717, 1.165) is 31.0 Å². The number of nitrogens with zero attached hydrogens (tertiary/aromatic N) is 2. The maximum absolute atomic E-state index is 13.7. The lowest BCUT2D eigenvalue weighted by Crippen LogP contribution is -2.40. The number of halogens is 1. The molecule has 0 saturated carbocycles. The predicted octanol–water partition coefficient (Wildman–Crippen LogP) is 3.43. The van der Waals surface area contributed by atoms with Crippen LogP contribution in [0.1, 0.15) is 23.5 Å². The van der Waals surface area contributed by atoms with Crippen molar-refractivity contribution in [3.63, 3.8) is 0 Å². The summed E-state index contributed by atoms with van der Waals surface area (Å²) in [7, 11) is 1.81. The van der Waals surface area contributed by atoms with E-state index in [-0.39, 0.29) is 5.82 Å². The number of hydrogen-bond acceptors (Lipinski definition) is 1. The normalized spacial score (nSPS) is 18.0. The standard InChI is InChI=1S/C20H24FN3/c1-22-20(23-13-11-17-9-5-6-10-19(17)21)24-14-12-18(15-24)16-7-3-2-4-8-16/h2-10,18H,11-15H2,1H3,(H,22,23). The average Bonchev–Trinajstić information content (AvgIpc) is 3.11. The van der Waals surface area contributed by atoms with Gasteiger partial charge in [-0.2, -0.15) is 0 Å². The molecular weight excluding hydrogens is 301 g/mol. The number of rotatable bonds is 4.